The number of hydrogen-bond acceptors (Lipinski definition) is 3. The molecule has 1 aromatic carbocycles. The second kappa shape index (κ2) is 7.31. The number of carbonyl (C=O) groups is 1. The van der Waals surface area contributed by atoms with Crippen LogP contribution in [0.4, 0.5) is 8.78 Å². The molecule has 0 N–H and O–H groups in total. The second-order valence-corrected chi connectivity index (χ2v) is 4.42. The molecule has 1 aromatic rings. The first-order valence-corrected chi connectivity index (χ1v) is 6.27. The van der Waals surface area contributed by atoms with Crippen LogP contribution in [0.3, 0.4) is 0 Å². The molecule has 0 atom stereocenters. The Kier molecular flexibility index (Phi) is 6.04. The number of hydrogen-bond donors (Lipinski definition) is 0. The third-order valence-corrected chi connectivity index (χ3v) is 2.65. The number of carbonyl (C=O) groups excluding carboxylic acids is 1. The van der Waals surface area contributed by atoms with Crippen LogP contribution in [0.2, 0.25) is 0 Å². The van der Waals surface area contributed by atoms with Crippen molar-refractivity contribution in [2.45, 2.75) is 19.8 Å². The van der Waals surface area contributed by atoms with Crippen molar-refractivity contribution in [3.63, 3.8) is 0 Å². The normalized spacial score (nSPS) is 10.2. The average Bonchev–Trinajstić information content (AvgIpc) is 2.27. The Morgan fingerprint density at radius 1 is 1.39 bits per heavy atom. The Labute approximate surface area is 112 Å². The smallest absolute Gasteiger partial charge is 0.344 e. The summed E-state index contributed by atoms with van der Waals surface area (Å²) in [5, 5.41) is 0. The molecule has 0 spiro atoms. The molecule has 0 aliphatic heterocycles. The monoisotopic (exact) mass is 322 g/mol. The highest BCUT2D eigenvalue weighted by molar-refractivity contribution is 9.10. The largest absolute Gasteiger partial charge is 0.478 e. The minimum Gasteiger partial charge on any atom is -0.478 e. The van der Waals surface area contributed by atoms with Gasteiger partial charge in [0.25, 0.3) is 0 Å². The molecule has 0 saturated carbocycles. The number of halogens is 3. The van der Waals surface area contributed by atoms with E-state index < -0.39 is 24.2 Å². The number of rotatable bonds is 6. The zero-order valence-corrected chi connectivity index (χ0v) is 11.4. The van der Waals surface area contributed by atoms with Crippen molar-refractivity contribution in [1.29, 1.82) is 0 Å². The van der Waals surface area contributed by atoms with Crippen LogP contribution in [0, 0.1) is 11.6 Å². The first-order valence-electron chi connectivity index (χ1n) is 5.47. The van der Waals surface area contributed by atoms with Crippen LogP contribution >= 0.6 is 15.9 Å². The van der Waals surface area contributed by atoms with Crippen LogP contribution in [0.1, 0.15) is 19.8 Å². The minimum absolute atomic E-state index is 0.112. The molecule has 0 amide bonds. The Morgan fingerprint density at radius 2 is 2.11 bits per heavy atom. The molecule has 6 heteroatoms. The molecule has 0 unspecified atom stereocenters. The fourth-order valence-electron chi connectivity index (χ4n) is 1.17. The van der Waals surface area contributed by atoms with Crippen LogP contribution in [-0.4, -0.2) is 19.2 Å². The molecule has 0 fully saturated rings. The van der Waals surface area contributed by atoms with Gasteiger partial charge in [0.15, 0.2) is 18.2 Å². The van der Waals surface area contributed by atoms with Gasteiger partial charge in [-0.05, 0) is 28.4 Å². The molecule has 0 aliphatic carbocycles. The minimum atomic E-state index is -0.872. The highest BCUT2D eigenvalue weighted by Crippen LogP contribution is 2.29. The summed E-state index contributed by atoms with van der Waals surface area (Å²) in [5.74, 6) is -2.39. The first-order chi connectivity index (χ1) is 8.54. The van der Waals surface area contributed by atoms with E-state index in [4.69, 9.17) is 9.47 Å². The van der Waals surface area contributed by atoms with E-state index in [0.29, 0.717) is 12.7 Å². The highest BCUT2D eigenvalue weighted by Gasteiger charge is 2.13. The van der Waals surface area contributed by atoms with Crippen LogP contribution in [0.15, 0.2) is 16.6 Å². The maximum atomic E-state index is 13.3. The van der Waals surface area contributed by atoms with Crippen LogP contribution < -0.4 is 4.74 Å². The average molecular weight is 323 g/mol. The van der Waals surface area contributed by atoms with Crippen molar-refractivity contribution in [3.05, 3.63) is 28.2 Å². The van der Waals surface area contributed by atoms with Crippen LogP contribution in [0.5, 0.6) is 5.75 Å². The molecule has 0 bridgehead atoms. The standard InChI is InChI=1S/C12H13BrF2O3/c1-2-3-4-17-11(16)7-18-12-9(13)5-8(14)6-10(12)15/h5-6H,2-4,7H2,1H3. The van der Waals surface area contributed by atoms with E-state index in [0.717, 1.165) is 18.9 Å². The SMILES string of the molecule is CCCCOC(=O)COc1c(F)cc(F)cc1Br. The summed E-state index contributed by atoms with van der Waals surface area (Å²) in [6.07, 6.45) is 1.67. The van der Waals surface area contributed by atoms with Crippen molar-refractivity contribution >= 4 is 21.9 Å². The first kappa shape index (κ1) is 14.9. The number of esters is 1. The molecule has 18 heavy (non-hydrogen) atoms. The van der Waals surface area contributed by atoms with Crippen molar-refractivity contribution in [2.24, 2.45) is 0 Å². The lowest BCUT2D eigenvalue weighted by Crippen LogP contribution is -2.16. The summed E-state index contributed by atoms with van der Waals surface area (Å²) in [7, 11) is 0. The summed E-state index contributed by atoms with van der Waals surface area (Å²) in [5.41, 5.74) is 0. The molecule has 0 radical (unpaired) electrons. The van der Waals surface area contributed by atoms with Gasteiger partial charge in [-0.15, -0.1) is 0 Å². The summed E-state index contributed by atoms with van der Waals surface area (Å²) < 4.78 is 36.0. The molecule has 0 aromatic heterocycles. The summed E-state index contributed by atoms with van der Waals surface area (Å²) in [6.45, 7) is 1.87. The van der Waals surface area contributed by atoms with Gasteiger partial charge >= 0.3 is 5.97 Å². The van der Waals surface area contributed by atoms with Gasteiger partial charge in [-0.2, -0.15) is 0 Å². The summed E-state index contributed by atoms with van der Waals surface area (Å²) >= 11 is 2.95. The van der Waals surface area contributed by atoms with E-state index in [1.54, 1.807) is 0 Å². The predicted octanol–water partition coefficient (Wildman–Crippen LogP) is 3.45. The van der Waals surface area contributed by atoms with E-state index in [2.05, 4.69) is 15.9 Å². The van der Waals surface area contributed by atoms with Gasteiger partial charge in [0.05, 0.1) is 11.1 Å². The molecule has 0 aliphatic rings. The third kappa shape index (κ3) is 4.60. The van der Waals surface area contributed by atoms with Crippen LogP contribution in [-0.2, 0) is 9.53 Å². The van der Waals surface area contributed by atoms with Crippen LogP contribution in [0.25, 0.3) is 0 Å². The lowest BCUT2D eigenvalue weighted by atomic mass is 10.3. The molecular formula is C12H13BrF2O3. The molecule has 0 saturated heterocycles. The summed E-state index contributed by atoms with van der Waals surface area (Å²) in [6, 6.07) is 1.74. The van der Waals surface area contributed by atoms with E-state index in [1.165, 1.54) is 0 Å². The van der Waals surface area contributed by atoms with E-state index in [-0.39, 0.29) is 10.2 Å². The maximum Gasteiger partial charge on any atom is 0.344 e. The van der Waals surface area contributed by atoms with E-state index in [1.807, 2.05) is 6.92 Å². The van der Waals surface area contributed by atoms with Gasteiger partial charge in [-0.3, -0.25) is 0 Å². The number of unbranched alkanes of at least 4 members (excludes halogenated alkanes) is 1. The molecule has 1 rings (SSSR count). The Morgan fingerprint density at radius 3 is 2.72 bits per heavy atom. The van der Waals surface area contributed by atoms with Crippen molar-refractivity contribution in [2.75, 3.05) is 13.2 Å². The molecule has 100 valence electrons. The van der Waals surface area contributed by atoms with E-state index in [9.17, 15) is 13.6 Å². The van der Waals surface area contributed by atoms with Gasteiger partial charge in [0.2, 0.25) is 0 Å². The lowest BCUT2D eigenvalue weighted by Gasteiger charge is -2.09. The lowest BCUT2D eigenvalue weighted by molar-refractivity contribution is -0.146. The van der Waals surface area contributed by atoms with Crippen molar-refractivity contribution in [1.82, 2.24) is 0 Å². The maximum absolute atomic E-state index is 13.3. The zero-order valence-electron chi connectivity index (χ0n) is 9.84. The summed E-state index contributed by atoms with van der Waals surface area (Å²) in [4.78, 5) is 11.2. The topological polar surface area (TPSA) is 35.5 Å². The highest BCUT2D eigenvalue weighted by atomic mass is 79.9. The zero-order chi connectivity index (χ0) is 13.5. The molecular weight excluding hydrogens is 310 g/mol. The van der Waals surface area contributed by atoms with E-state index >= 15 is 0 Å². The number of ether oxygens (including phenoxy) is 2. The predicted molar refractivity (Wildman–Crippen MR) is 65.4 cm³/mol. The number of benzene rings is 1. The molecule has 0 heterocycles. The van der Waals surface area contributed by atoms with Gasteiger partial charge in [0.1, 0.15) is 5.82 Å². The van der Waals surface area contributed by atoms with Gasteiger partial charge in [-0.25, -0.2) is 13.6 Å². The van der Waals surface area contributed by atoms with Crippen molar-refractivity contribution < 1.29 is 23.0 Å². The third-order valence-electron chi connectivity index (χ3n) is 2.06. The van der Waals surface area contributed by atoms with Gasteiger partial charge in [0, 0.05) is 6.07 Å². The molecule has 3 nitrogen and oxygen atoms in total. The van der Waals surface area contributed by atoms with Crippen molar-refractivity contribution in [3.8, 4) is 5.75 Å². The van der Waals surface area contributed by atoms with Gasteiger partial charge < -0.3 is 9.47 Å². The Balaban J connectivity index is 2.51. The second-order valence-electron chi connectivity index (χ2n) is 3.56. The van der Waals surface area contributed by atoms with Gasteiger partial charge in [-0.1, -0.05) is 13.3 Å². The quantitative estimate of drug-likeness (QED) is 0.594. The Hall–Kier alpha value is -1.17. The fraction of sp³-hybridized carbons (Fsp3) is 0.417. The fourth-order valence-corrected chi connectivity index (χ4v) is 1.69. The Bertz CT molecular complexity index is 401.